The first-order valence-electron chi connectivity index (χ1n) is 5.26. The van der Waals surface area contributed by atoms with Gasteiger partial charge in [-0.2, -0.15) is 0 Å². The summed E-state index contributed by atoms with van der Waals surface area (Å²) < 4.78 is 4.98. The second-order valence-corrected chi connectivity index (χ2v) is 3.93. The Labute approximate surface area is 86.5 Å². The van der Waals surface area contributed by atoms with Crippen LogP contribution in [0.4, 0.5) is 0 Å². The van der Waals surface area contributed by atoms with E-state index in [1.165, 1.54) is 32.6 Å². The molecule has 1 aliphatic carbocycles. The standard InChI is InChI=1S/C10H18O2.CH4O/c1-8-3-5-10(6-4-8)7-12-9(2)11;1-2/h8,10H,3-7H2,1-2H3;2H,1H3. The summed E-state index contributed by atoms with van der Waals surface area (Å²) in [5.41, 5.74) is 0. The Morgan fingerprint density at radius 3 is 2.21 bits per heavy atom. The molecule has 0 heterocycles. The molecule has 84 valence electrons. The lowest BCUT2D eigenvalue weighted by Crippen LogP contribution is -2.18. The highest BCUT2D eigenvalue weighted by atomic mass is 16.5. The molecule has 0 amide bonds. The van der Waals surface area contributed by atoms with E-state index in [4.69, 9.17) is 9.84 Å². The van der Waals surface area contributed by atoms with E-state index >= 15 is 0 Å². The zero-order valence-electron chi connectivity index (χ0n) is 9.45. The van der Waals surface area contributed by atoms with E-state index in [0.29, 0.717) is 12.5 Å². The first-order valence-corrected chi connectivity index (χ1v) is 5.26. The number of hydrogen-bond acceptors (Lipinski definition) is 3. The zero-order chi connectivity index (χ0) is 11.0. The van der Waals surface area contributed by atoms with Crippen molar-refractivity contribution < 1.29 is 14.6 Å². The van der Waals surface area contributed by atoms with Crippen LogP contribution in [0, 0.1) is 11.8 Å². The van der Waals surface area contributed by atoms with Gasteiger partial charge in [0.2, 0.25) is 0 Å². The minimum absolute atomic E-state index is 0.145. The smallest absolute Gasteiger partial charge is 0.302 e. The largest absolute Gasteiger partial charge is 0.466 e. The maximum absolute atomic E-state index is 10.5. The maximum Gasteiger partial charge on any atom is 0.302 e. The summed E-state index contributed by atoms with van der Waals surface area (Å²) in [5.74, 6) is 1.36. The molecule has 14 heavy (non-hydrogen) atoms. The highest BCUT2D eigenvalue weighted by molar-refractivity contribution is 5.65. The van der Waals surface area contributed by atoms with E-state index in [1.807, 2.05) is 0 Å². The van der Waals surface area contributed by atoms with Gasteiger partial charge in [0.15, 0.2) is 0 Å². The van der Waals surface area contributed by atoms with Gasteiger partial charge in [-0.1, -0.05) is 19.8 Å². The van der Waals surface area contributed by atoms with Crippen molar-refractivity contribution in [1.82, 2.24) is 0 Å². The third kappa shape index (κ3) is 5.97. The minimum Gasteiger partial charge on any atom is -0.466 e. The third-order valence-corrected chi connectivity index (χ3v) is 2.66. The molecule has 0 aliphatic heterocycles. The Balaban J connectivity index is 0.000000791. The van der Waals surface area contributed by atoms with Crippen LogP contribution in [-0.4, -0.2) is 24.8 Å². The van der Waals surface area contributed by atoms with Gasteiger partial charge in [-0.25, -0.2) is 0 Å². The summed E-state index contributed by atoms with van der Waals surface area (Å²) in [6, 6.07) is 0. The number of carbonyl (C=O) groups is 1. The van der Waals surface area contributed by atoms with Crippen molar-refractivity contribution in [1.29, 1.82) is 0 Å². The number of aliphatic hydroxyl groups excluding tert-OH is 1. The first-order chi connectivity index (χ1) is 6.68. The number of hydrogen-bond donors (Lipinski definition) is 1. The van der Waals surface area contributed by atoms with Gasteiger partial charge in [0.1, 0.15) is 0 Å². The van der Waals surface area contributed by atoms with Gasteiger partial charge in [-0.15, -0.1) is 0 Å². The molecule has 0 bridgehead atoms. The molecule has 3 nitrogen and oxygen atoms in total. The average molecular weight is 202 g/mol. The number of ether oxygens (including phenoxy) is 1. The Morgan fingerprint density at radius 1 is 1.29 bits per heavy atom. The van der Waals surface area contributed by atoms with Crippen molar-refractivity contribution in [3.63, 3.8) is 0 Å². The molecule has 0 aromatic heterocycles. The molecule has 1 rings (SSSR count). The normalized spacial score (nSPS) is 26.0. The molecule has 1 aliphatic rings. The number of esters is 1. The fourth-order valence-corrected chi connectivity index (χ4v) is 1.73. The van der Waals surface area contributed by atoms with E-state index in [1.54, 1.807) is 0 Å². The average Bonchev–Trinajstić information content (AvgIpc) is 2.20. The van der Waals surface area contributed by atoms with Crippen molar-refractivity contribution in [3.05, 3.63) is 0 Å². The van der Waals surface area contributed by atoms with Crippen LogP contribution in [0.5, 0.6) is 0 Å². The van der Waals surface area contributed by atoms with E-state index in [0.717, 1.165) is 13.0 Å². The van der Waals surface area contributed by atoms with Gasteiger partial charge in [-0.05, 0) is 24.7 Å². The lowest BCUT2D eigenvalue weighted by Gasteiger charge is -2.25. The van der Waals surface area contributed by atoms with Crippen LogP contribution in [0.25, 0.3) is 0 Å². The van der Waals surface area contributed by atoms with Gasteiger partial charge in [0.05, 0.1) is 6.61 Å². The third-order valence-electron chi connectivity index (χ3n) is 2.66. The second-order valence-electron chi connectivity index (χ2n) is 3.93. The molecular formula is C11H22O3. The Bertz CT molecular complexity index is 149. The van der Waals surface area contributed by atoms with Crippen molar-refractivity contribution in [2.75, 3.05) is 13.7 Å². The minimum atomic E-state index is -0.145. The van der Waals surface area contributed by atoms with Crippen molar-refractivity contribution in [2.24, 2.45) is 11.8 Å². The van der Waals surface area contributed by atoms with Gasteiger partial charge >= 0.3 is 5.97 Å². The predicted octanol–water partition coefficient (Wildman–Crippen LogP) is 1.98. The van der Waals surface area contributed by atoms with Crippen molar-refractivity contribution >= 4 is 5.97 Å². The molecule has 0 unspecified atom stereocenters. The van der Waals surface area contributed by atoms with Gasteiger partial charge < -0.3 is 9.84 Å². The SMILES string of the molecule is CC(=O)OCC1CCC(C)CC1.CO. The molecule has 0 saturated heterocycles. The molecular weight excluding hydrogens is 180 g/mol. The van der Waals surface area contributed by atoms with Crippen LogP contribution in [0.3, 0.4) is 0 Å². The summed E-state index contributed by atoms with van der Waals surface area (Å²) in [5, 5.41) is 7.00. The van der Waals surface area contributed by atoms with E-state index in [9.17, 15) is 4.79 Å². The fourth-order valence-electron chi connectivity index (χ4n) is 1.73. The quantitative estimate of drug-likeness (QED) is 0.696. The van der Waals surface area contributed by atoms with Crippen LogP contribution in [-0.2, 0) is 9.53 Å². The van der Waals surface area contributed by atoms with Gasteiger partial charge in [0.25, 0.3) is 0 Å². The highest BCUT2D eigenvalue weighted by Gasteiger charge is 2.18. The topological polar surface area (TPSA) is 46.5 Å². The maximum atomic E-state index is 10.5. The van der Waals surface area contributed by atoms with E-state index in [2.05, 4.69) is 6.92 Å². The summed E-state index contributed by atoms with van der Waals surface area (Å²) in [4.78, 5) is 10.5. The van der Waals surface area contributed by atoms with Crippen LogP contribution >= 0.6 is 0 Å². The van der Waals surface area contributed by atoms with E-state index in [-0.39, 0.29) is 5.97 Å². The zero-order valence-corrected chi connectivity index (χ0v) is 9.45. The molecule has 0 radical (unpaired) electrons. The molecule has 0 aromatic carbocycles. The Morgan fingerprint density at radius 2 is 1.79 bits per heavy atom. The van der Waals surface area contributed by atoms with Crippen LogP contribution in [0.1, 0.15) is 39.5 Å². The summed E-state index contributed by atoms with van der Waals surface area (Å²) in [6.45, 7) is 4.41. The van der Waals surface area contributed by atoms with Crippen molar-refractivity contribution in [3.8, 4) is 0 Å². The van der Waals surface area contributed by atoms with Crippen LogP contribution in [0.2, 0.25) is 0 Å². The highest BCUT2D eigenvalue weighted by Crippen LogP contribution is 2.28. The molecule has 0 aromatic rings. The monoisotopic (exact) mass is 202 g/mol. The predicted molar refractivity (Wildman–Crippen MR) is 55.9 cm³/mol. The second kappa shape index (κ2) is 7.80. The summed E-state index contributed by atoms with van der Waals surface area (Å²) in [6.07, 6.45) is 5.06. The summed E-state index contributed by atoms with van der Waals surface area (Å²) in [7, 11) is 1.00. The molecule has 3 heteroatoms. The lowest BCUT2D eigenvalue weighted by atomic mass is 9.83. The van der Waals surface area contributed by atoms with Crippen molar-refractivity contribution in [2.45, 2.75) is 39.5 Å². The van der Waals surface area contributed by atoms with E-state index < -0.39 is 0 Å². The molecule has 0 spiro atoms. The molecule has 1 fully saturated rings. The molecule has 1 N–H and O–H groups in total. The number of rotatable bonds is 2. The first kappa shape index (κ1) is 13.4. The fraction of sp³-hybridized carbons (Fsp3) is 0.909. The molecule has 0 atom stereocenters. The number of aliphatic hydroxyl groups is 1. The Hall–Kier alpha value is -0.570. The lowest BCUT2D eigenvalue weighted by molar-refractivity contribution is -0.142. The van der Waals surface area contributed by atoms with Crippen LogP contribution in [0.15, 0.2) is 0 Å². The number of carbonyl (C=O) groups excluding carboxylic acids is 1. The molecule has 1 saturated carbocycles. The van der Waals surface area contributed by atoms with Gasteiger partial charge in [-0.3, -0.25) is 4.79 Å². The van der Waals surface area contributed by atoms with Gasteiger partial charge in [0, 0.05) is 14.0 Å². The Kier molecular flexibility index (Phi) is 7.48. The van der Waals surface area contributed by atoms with Crippen LogP contribution < -0.4 is 0 Å². The summed E-state index contributed by atoms with van der Waals surface area (Å²) >= 11 is 0.